The van der Waals surface area contributed by atoms with Crippen molar-refractivity contribution in [1.82, 2.24) is 0 Å². The van der Waals surface area contributed by atoms with Crippen molar-refractivity contribution in [3.63, 3.8) is 0 Å². The van der Waals surface area contributed by atoms with Gasteiger partial charge in [0.1, 0.15) is 0 Å². The molecular weight excluding hydrogens is 264 g/mol. The van der Waals surface area contributed by atoms with Gasteiger partial charge < -0.3 is 0 Å². The molecule has 2 rings (SSSR count). The van der Waals surface area contributed by atoms with Crippen LogP contribution in [0.2, 0.25) is 0 Å². The van der Waals surface area contributed by atoms with Crippen molar-refractivity contribution in [2.24, 2.45) is 0 Å². The molecule has 5 heteroatoms. The summed E-state index contributed by atoms with van der Waals surface area (Å²) in [6, 6.07) is 14.9. The van der Waals surface area contributed by atoms with E-state index in [4.69, 9.17) is 0 Å². The third-order valence-electron chi connectivity index (χ3n) is 2.51. The summed E-state index contributed by atoms with van der Waals surface area (Å²) in [5.41, 5.74) is -0.0430. The van der Waals surface area contributed by atoms with Crippen LogP contribution in [0.3, 0.4) is 0 Å². The first-order valence-corrected chi connectivity index (χ1v) is 6.95. The lowest BCUT2D eigenvalue weighted by Gasteiger charge is -2.02. The van der Waals surface area contributed by atoms with E-state index in [0.717, 1.165) is 0 Å². The van der Waals surface area contributed by atoms with Crippen LogP contribution in [0.4, 0.5) is 0 Å². The van der Waals surface area contributed by atoms with Gasteiger partial charge in [-0.25, -0.2) is 8.42 Å². The molecular formula is C14H10O4S. The van der Waals surface area contributed by atoms with E-state index in [-0.39, 0.29) is 11.1 Å². The molecule has 0 N–H and O–H groups in total. The molecule has 0 fully saturated rings. The maximum absolute atomic E-state index is 11.9. The number of hydrogen-bond donors (Lipinski definition) is 0. The van der Waals surface area contributed by atoms with Gasteiger partial charge in [-0.3, -0.25) is 9.59 Å². The molecule has 19 heavy (non-hydrogen) atoms. The van der Waals surface area contributed by atoms with Crippen molar-refractivity contribution < 1.29 is 18.0 Å². The Morgan fingerprint density at radius 3 is 1.26 bits per heavy atom. The van der Waals surface area contributed by atoms with Crippen molar-refractivity contribution in [2.75, 3.05) is 0 Å². The molecule has 0 aromatic heterocycles. The summed E-state index contributed by atoms with van der Waals surface area (Å²) in [5.74, 6) is 0. The Morgan fingerprint density at radius 2 is 0.947 bits per heavy atom. The lowest BCUT2D eigenvalue weighted by atomic mass is 10.2. The summed E-state index contributed by atoms with van der Waals surface area (Å²) >= 11 is 0. The Bertz CT molecular complexity index is 646. The van der Waals surface area contributed by atoms with Gasteiger partial charge in [-0.2, -0.15) is 0 Å². The van der Waals surface area contributed by atoms with Crippen LogP contribution in [0.15, 0.2) is 60.7 Å². The van der Waals surface area contributed by atoms with Crippen LogP contribution in [0.1, 0.15) is 20.7 Å². The normalized spacial score (nSPS) is 10.9. The Hall–Kier alpha value is -2.27. The van der Waals surface area contributed by atoms with Gasteiger partial charge in [0.05, 0.1) is 0 Å². The fraction of sp³-hybridized carbons (Fsp3) is 0. The van der Waals surface area contributed by atoms with E-state index in [1.54, 1.807) is 12.1 Å². The Labute approximate surface area is 110 Å². The minimum absolute atomic E-state index is 0.0215. The number of sulfone groups is 1. The molecule has 96 valence electrons. The second kappa shape index (κ2) is 5.16. The molecule has 4 nitrogen and oxygen atoms in total. The van der Waals surface area contributed by atoms with E-state index in [2.05, 4.69) is 0 Å². The number of carbonyl (C=O) groups is 2. The first-order chi connectivity index (χ1) is 9.03. The highest BCUT2D eigenvalue weighted by molar-refractivity contribution is 8.19. The smallest absolute Gasteiger partial charge is 0.275 e. The molecule has 0 saturated carbocycles. The predicted molar refractivity (Wildman–Crippen MR) is 70.5 cm³/mol. The first kappa shape index (κ1) is 13.2. The fourth-order valence-electron chi connectivity index (χ4n) is 1.54. The topological polar surface area (TPSA) is 68.3 Å². The van der Waals surface area contributed by atoms with E-state index >= 15 is 0 Å². The highest BCUT2D eigenvalue weighted by atomic mass is 32.2. The molecule has 0 unspecified atom stereocenters. The average molecular weight is 274 g/mol. The van der Waals surface area contributed by atoms with Crippen LogP contribution >= 0.6 is 0 Å². The predicted octanol–water partition coefficient (Wildman–Crippen LogP) is 2.08. The zero-order valence-corrected chi connectivity index (χ0v) is 10.6. The maximum Gasteiger partial charge on any atom is 0.284 e. The maximum atomic E-state index is 11.9. The van der Waals surface area contributed by atoms with Crippen molar-refractivity contribution in [2.45, 2.75) is 0 Å². The van der Waals surface area contributed by atoms with E-state index in [0.29, 0.717) is 0 Å². The number of carbonyl (C=O) groups excluding carboxylic acids is 2. The van der Waals surface area contributed by atoms with Crippen LogP contribution in [0, 0.1) is 0 Å². The molecule has 0 aliphatic rings. The minimum Gasteiger partial charge on any atom is -0.275 e. The summed E-state index contributed by atoms with van der Waals surface area (Å²) in [5, 5.41) is -2.36. The summed E-state index contributed by atoms with van der Waals surface area (Å²) in [7, 11) is -4.52. The van der Waals surface area contributed by atoms with Gasteiger partial charge >= 0.3 is 0 Å². The molecule has 2 aromatic rings. The van der Waals surface area contributed by atoms with Gasteiger partial charge in [-0.05, 0) is 0 Å². The number of hydrogen-bond acceptors (Lipinski definition) is 4. The van der Waals surface area contributed by atoms with Crippen LogP contribution in [0.25, 0.3) is 0 Å². The zero-order chi connectivity index (χ0) is 13.9. The standard InChI is InChI=1S/C14H10O4S/c15-13(11-7-3-1-4-8-11)19(17,18)14(16)12-9-5-2-6-10-12/h1-10H. The number of benzene rings is 2. The third kappa shape index (κ3) is 2.61. The minimum atomic E-state index is -4.52. The Kier molecular flexibility index (Phi) is 3.57. The Morgan fingerprint density at radius 1 is 0.632 bits per heavy atom. The monoisotopic (exact) mass is 274 g/mol. The van der Waals surface area contributed by atoms with Crippen LogP contribution in [-0.2, 0) is 9.84 Å². The van der Waals surface area contributed by atoms with Crippen LogP contribution in [0.5, 0.6) is 0 Å². The highest BCUT2D eigenvalue weighted by Crippen LogP contribution is 2.12. The second-order valence-electron chi connectivity index (χ2n) is 3.81. The Balaban J connectivity index is 2.39. The van der Waals surface area contributed by atoms with Gasteiger partial charge in [-0.1, -0.05) is 60.7 Å². The third-order valence-corrected chi connectivity index (χ3v) is 3.95. The lowest BCUT2D eigenvalue weighted by Crippen LogP contribution is -2.24. The molecule has 0 radical (unpaired) electrons. The number of rotatable bonds is 2. The molecule has 0 aliphatic carbocycles. The zero-order valence-electron chi connectivity index (χ0n) is 9.81. The van der Waals surface area contributed by atoms with Gasteiger partial charge in [0.25, 0.3) is 20.1 Å². The molecule has 0 bridgehead atoms. The first-order valence-electron chi connectivity index (χ1n) is 5.47. The molecule has 0 heterocycles. The van der Waals surface area contributed by atoms with E-state index in [1.807, 2.05) is 0 Å². The van der Waals surface area contributed by atoms with Crippen molar-refractivity contribution in [3.05, 3.63) is 71.8 Å². The highest BCUT2D eigenvalue weighted by Gasteiger charge is 2.32. The van der Waals surface area contributed by atoms with Crippen LogP contribution in [-0.4, -0.2) is 18.6 Å². The fourth-order valence-corrected chi connectivity index (χ4v) is 2.60. The molecule has 0 aliphatic heterocycles. The second-order valence-corrected chi connectivity index (χ2v) is 5.56. The van der Waals surface area contributed by atoms with Crippen molar-refractivity contribution >= 4 is 20.1 Å². The lowest BCUT2D eigenvalue weighted by molar-refractivity contribution is 0.104. The van der Waals surface area contributed by atoms with E-state index in [9.17, 15) is 18.0 Å². The van der Waals surface area contributed by atoms with Crippen molar-refractivity contribution in [1.29, 1.82) is 0 Å². The van der Waals surface area contributed by atoms with Gasteiger partial charge in [0.2, 0.25) is 0 Å². The summed E-state index contributed by atoms with van der Waals surface area (Å²) in [4.78, 5) is 23.7. The molecule has 0 amide bonds. The SMILES string of the molecule is O=C(c1ccccc1)S(=O)(=O)C(=O)c1ccccc1. The largest absolute Gasteiger partial charge is 0.284 e. The summed E-state index contributed by atoms with van der Waals surface area (Å²) in [6.07, 6.45) is 0. The van der Waals surface area contributed by atoms with Gasteiger partial charge in [0.15, 0.2) is 0 Å². The van der Waals surface area contributed by atoms with E-state index in [1.165, 1.54) is 48.5 Å². The van der Waals surface area contributed by atoms with Crippen LogP contribution < -0.4 is 0 Å². The average Bonchev–Trinajstić information content (AvgIpc) is 2.47. The molecule has 2 aromatic carbocycles. The molecule has 0 atom stereocenters. The van der Waals surface area contributed by atoms with Gasteiger partial charge in [-0.15, -0.1) is 0 Å². The summed E-state index contributed by atoms with van der Waals surface area (Å²) < 4.78 is 23.9. The van der Waals surface area contributed by atoms with E-state index < -0.39 is 20.1 Å². The molecule has 0 saturated heterocycles. The van der Waals surface area contributed by atoms with Crippen molar-refractivity contribution in [3.8, 4) is 0 Å². The molecule has 0 spiro atoms. The quantitative estimate of drug-likeness (QED) is 0.840. The van der Waals surface area contributed by atoms with Gasteiger partial charge in [0, 0.05) is 11.1 Å². The summed E-state index contributed by atoms with van der Waals surface area (Å²) in [6.45, 7) is 0.